The molecule has 1 aromatic heterocycles. The largest absolute Gasteiger partial charge is 0.379 e. The van der Waals surface area contributed by atoms with E-state index in [4.69, 9.17) is 17.0 Å². The lowest BCUT2D eigenvalue weighted by molar-refractivity contribution is 0.0367. The van der Waals surface area contributed by atoms with Gasteiger partial charge in [-0.3, -0.25) is 9.69 Å². The van der Waals surface area contributed by atoms with E-state index in [9.17, 15) is 4.79 Å². The van der Waals surface area contributed by atoms with Gasteiger partial charge in [0.1, 0.15) is 0 Å². The van der Waals surface area contributed by atoms with Gasteiger partial charge in [0.05, 0.1) is 25.3 Å². The van der Waals surface area contributed by atoms with Gasteiger partial charge in [0.2, 0.25) is 0 Å². The Morgan fingerprint density at radius 2 is 1.85 bits per heavy atom. The molecule has 2 heterocycles. The molecule has 2 N–H and O–H groups in total. The van der Waals surface area contributed by atoms with E-state index >= 15 is 0 Å². The van der Waals surface area contributed by atoms with Gasteiger partial charge in [0.15, 0.2) is 5.11 Å². The Morgan fingerprint density at radius 1 is 1.12 bits per heavy atom. The van der Waals surface area contributed by atoms with E-state index < -0.39 is 0 Å². The minimum Gasteiger partial charge on any atom is -0.379 e. The molecule has 0 aliphatic carbocycles. The number of nitrogens with zero attached hydrogens (tertiary/aromatic N) is 2. The third-order valence-corrected chi connectivity index (χ3v) is 6.95. The predicted molar refractivity (Wildman–Crippen MR) is 144 cm³/mol. The third kappa shape index (κ3) is 6.03. The van der Waals surface area contributed by atoms with Gasteiger partial charge in [-0.1, -0.05) is 29.8 Å². The molecule has 4 rings (SSSR count). The first-order valence-corrected chi connectivity index (χ1v) is 12.4. The number of hydrogen-bond acceptors (Lipinski definition) is 4. The van der Waals surface area contributed by atoms with Gasteiger partial charge in [0.25, 0.3) is 5.56 Å². The van der Waals surface area contributed by atoms with Crippen LogP contribution in [-0.2, 0) is 11.3 Å². The van der Waals surface area contributed by atoms with E-state index in [0.717, 1.165) is 73.5 Å². The normalized spacial score (nSPS) is 14.3. The Hall–Kier alpha value is -2.74. The first-order valence-electron chi connectivity index (χ1n) is 12.0. The number of fused-ring (bicyclic) bond motifs is 1. The summed E-state index contributed by atoms with van der Waals surface area (Å²) in [4.78, 5) is 20.6. The number of anilines is 1. The maximum absolute atomic E-state index is 13.0. The summed E-state index contributed by atoms with van der Waals surface area (Å²) in [6, 6.07) is 14.4. The number of H-pyrrole nitrogens is 1. The highest BCUT2D eigenvalue weighted by atomic mass is 32.1. The molecular formula is C27H34N4O2S. The number of nitrogens with one attached hydrogen (secondary N) is 2. The number of benzene rings is 2. The summed E-state index contributed by atoms with van der Waals surface area (Å²) < 4.78 is 5.46. The summed E-state index contributed by atoms with van der Waals surface area (Å²) in [6.07, 6.45) is 0.958. The molecule has 0 atom stereocenters. The lowest BCUT2D eigenvalue weighted by Gasteiger charge is -2.29. The van der Waals surface area contributed by atoms with Crippen LogP contribution in [0.5, 0.6) is 0 Å². The maximum atomic E-state index is 13.0. The third-order valence-electron chi connectivity index (χ3n) is 6.59. The maximum Gasteiger partial charge on any atom is 0.253 e. The van der Waals surface area contributed by atoms with E-state index in [1.54, 1.807) is 0 Å². The van der Waals surface area contributed by atoms with Crippen molar-refractivity contribution in [2.24, 2.45) is 0 Å². The molecule has 0 saturated carbocycles. The summed E-state index contributed by atoms with van der Waals surface area (Å²) in [6.45, 7) is 11.9. The second kappa shape index (κ2) is 11.1. The van der Waals surface area contributed by atoms with Crippen LogP contribution in [0.1, 0.15) is 28.7 Å². The molecular weight excluding hydrogens is 444 g/mol. The van der Waals surface area contributed by atoms with Crippen LogP contribution in [0.3, 0.4) is 0 Å². The monoisotopic (exact) mass is 478 g/mol. The summed E-state index contributed by atoms with van der Waals surface area (Å²) in [7, 11) is 0. The van der Waals surface area contributed by atoms with Crippen LogP contribution in [0.25, 0.3) is 10.9 Å². The number of hydrogen-bond donors (Lipinski definition) is 2. The lowest BCUT2D eigenvalue weighted by atomic mass is 10.0. The van der Waals surface area contributed by atoms with Crippen molar-refractivity contribution in [2.75, 3.05) is 44.7 Å². The molecule has 0 spiro atoms. The molecule has 0 bridgehead atoms. The van der Waals surface area contributed by atoms with Gasteiger partial charge in [-0.05, 0) is 74.1 Å². The molecule has 180 valence electrons. The molecule has 1 aliphatic heterocycles. The Kier molecular flexibility index (Phi) is 7.98. The standard InChI is InChI=1S/C27H34N4O2S/c1-19-5-9-24(10-6-19)28-27(34)31(12-4-11-30-13-15-33-16-14-30)18-23-17-22-8-7-20(2)21(3)25(22)29-26(23)32/h5-10,17H,4,11-16,18H2,1-3H3,(H,28,34)(H,29,32). The number of rotatable bonds is 7. The highest BCUT2D eigenvalue weighted by molar-refractivity contribution is 7.80. The number of aromatic amines is 1. The van der Waals surface area contributed by atoms with Gasteiger partial charge in [-0.2, -0.15) is 0 Å². The van der Waals surface area contributed by atoms with Crippen molar-refractivity contribution in [3.8, 4) is 0 Å². The van der Waals surface area contributed by atoms with Crippen LogP contribution in [0.15, 0.2) is 47.3 Å². The van der Waals surface area contributed by atoms with E-state index in [-0.39, 0.29) is 5.56 Å². The molecule has 34 heavy (non-hydrogen) atoms. The zero-order valence-corrected chi connectivity index (χ0v) is 21.1. The smallest absolute Gasteiger partial charge is 0.253 e. The van der Waals surface area contributed by atoms with Crippen molar-refractivity contribution < 1.29 is 4.74 Å². The van der Waals surface area contributed by atoms with Crippen LogP contribution < -0.4 is 10.9 Å². The van der Waals surface area contributed by atoms with Crippen molar-refractivity contribution in [3.05, 3.63) is 75.1 Å². The number of morpholine rings is 1. The Labute approximate surface area is 206 Å². The van der Waals surface area contributed by atoms with Crippen molar-refractivity contribution >= 4 is 33.9 Å². The lowest BCUT2D eigenvalue weighted by Crippen LogP contribution is -2.40. The van der Waals surface area contributed by atoms with Crippen molar-refractivity contribution in [2.45, 2.75) is 33.7 Å². The molecule has 3 aromatic rings. The fraction of sp³-hybridized carbons (Fsp3) is 0.407. The first kappa shape index (κ1) is 24.4. The van der Waals surface area contributed by atoms with Crippen molar-refractivity contribution in [1.29, 1.82) is 0 Å². The van der Waals surface area contributed by atoms with Crippen LogP contribution in [0, 0.1) is 20.8 Å². The zero-order valence-electron chi connectivity index (χ0n) is 20.3. The molecule has 7 heteroatoms. The number of pyridine rings is 1. The fourth-order valence-electron chi connectivity index (χ4n) is 4.29. The second-order valence-corrected chi connectivity index (χ2v) is 9.51. The SMILES string of the molecule is Cc1ccc(NC(=S)N(CCCN2CCOCC2)Cc2cc3ccc(C)c(C)c3[nH]c2=O)cc1. The second-order valence-electron chi connectivity index (χ2n) is 9.12. The molecule has 1 fully saturated rings. The molecule has 2 aromatic carbocycles. The van der Waals surface area contributed by atoms with Gasteiger partial charge >= 0.3 is 0 Å². The van der Waals surface area contributed by atoms with Crippen LogP contribution in [-0.4, -0.2) is 59.3 Å². The molecule has 0 unspecified atom stereocenters. The summed E-state index contributed by atoms with van der Waals surface area (Å²) >= 11 is 5.81. The quantitative estimate of drug-likeness (QED) is 0.492. The fourth-order valence-corrected chi connectivity index (χ4v) is 4.57. The van der Waals surface area contributed by atoms with E-state index in [0.29, 0.717) is 11.7 Å². The molecule has 1 aliphatic rings. The van der Waals surface area contributed by atoms with E-state index in [1.807, 2.05) is 25.1 Å². The van der Waals surface area contributed by atoms with Crippen molar-refractivity contribution in [3.63, 3.8) is 0 Å². The average Bonchev–Trinajstić information content (AvgIpc) is 2.84. The predicted octanol–water partition coefficient (Wildman–Crippen LogP) is 4.37. The van der Waals surface area contributed by atoms with Crippen LogP contribution in [0.4, 0.5) is 5.69 Å². The van der Waals surface area contributed by atoms with E-state index in [2.05, 4.69) is 58.2 Å². The Bertz CT molecular complexity index is 1200. The average molecular weight is 479 g/mol. The molecule has 6 nitrogen and oxygen atoms in total. The van der Waals surface area contributed by atoms with Gasteiger partial charge in [0, 0.05) is 37.4 Å². The summed E-state index contributed by atoms with van der Waals surface area (Å²) in [5, 5.41) is 5.04. The minimum absolute atomic E-state index is 0.0579. The summed E-state index contributed by atoms with van der Waals surface area (Å²) in [5.74, 6) is 0. The van der Waals surface area contributed by atoms with E-state index in [1.165, 1.54) is 11.1 Å². The number of aromatic nitrogens is 1. The van der Waals surface area contributed by atoms with Crippen LogP contribution in [0.2, 0.25) is 0 Å². The summed E-state index contributed by atoms with van der Waals surface area (Å²) in [5.41, 5.74) is 6.00. The molecule has 0 amide bonds. The highest BCUT2D eigenvalue weighted by Gasteiger charge is 2.16. The number of ether oxygens (including phenoxy) is 1. The van der Waals surface area contributed by atoms with Crippen LogP contribution >= 0.6 is 12.2 Å². The highest BCUT2D eigenvalue weighted by Crippen LogP contribution is 2.20. The van der Waals surface area contributed by atoms with Gasteiger partial charge in [-0.25, -0.2) is 0 Å². The molecule has 1 saturated heterocycles. The number of aryl methyl sites for hydroxylation is 3. The van der Waals surface area contributed by atoms with Crippen molar-refractivity contribution in [1.82, 2.24) is 14.8 Å². The topological polar surface area (TPSA) is 60.6 Å². The molecule has 0 radical (unpaired) electrons. The van der Waals surface area contributed by atoms with Gasteiger partial charge in [-0.15, -0.1) is 0 Å². The zero-order chi connectivity index (χ0) is 24.1. The minimum atomic E-state index is -0.0579. The first-order chi connectivity index (χ1) is 16.4. The Morgan fingerprint density at radius 3 is 2.59 bits per heavy atom. The number of thiocarbonyl (C=S) groups is 1. The Balaban J connectivity index is 1.53. The van der Waals surface area contributed by atoms with Gasteiger partial charge < -0.3 is 19.9 Å².